The Morgan fingerprint density at radius 2 is 1.86 bits per heavy atom. The molecular weight excluding hydrogens is 350 g/mol. The molecule has 0 saturated carbocycles. The van der Waals surface area contributed by atoms with Gasteiger partial charge in [-0.25, -0.2) is 0 Å². The van der Waals surface area contributed by atoms with E-state index in [9.17, 15) is 0 Å². The summed E-state index contributed by atoms with van der Waals surface area (Å²) in [6.45, 7) is 10.3. The second-order valence-electron chi connectivity index (χ2n) is 5.14. The second kappa shape index (κ2) is 9.94. The molecule has 1 aliphatic heterocycles. The van der Waals surface area contributed by atoms with Gasteiger partial charge in [0, 0.05) is 32.2 Å². The summed E-state index contributed by atoms with van der Waals surface area (Å²) in [7, 11) is 0. The van der Waals surface area contributed by atoms with Crippen molar-refractivity contribution in [2.45, 2.75) is 19.4 Å². The molecule has 1 N–H and O–H groups in total. The number of piperazine rings is 1. The highest BCUT2D eigenvalue weighted by Crippen LogP contribution is 2.32. The zero-order chi connectivity index (χ0) is 13.8. The van der Waals surface area contributed by atoms with Crippen LogP contribution in [0, 0.1) is 0 Å². The third-order valence-corrected chi connectivity index (χ3v) is 4.20. The molecule has 1 saturated heterocycles. The predicted octanol–water partition coefficient (Wildman–Crippen LogP) is 4.75. The molecule has 1 atom stereocenters. The molecule has 1 heterocycles. The van der Waals surface area contributed by atoms with Crippen LogP contribution in [0.25, 0.3) is 0 Å². The van der Waals surface area contributed by atoms with Crippen LogP contribution < -0.4 is 5.32 Å². The molecular formula is C15H22Cl4N2. The zero-order valence-electron chi connectivity index (χ0n) is 12.1. The highest BCUT2D eigenvalue weighted by Gasteiger charge is 2.22. The maximum absolute atomic E-state index is 6.15. The second-order valence-corrected chi connectivity index (χ2v) is 5.95. The van der Waals surface area contributed by atoms with Crippen molar-refractivity contribution in [2.24, 2.45) is 0 Å². The normalized spacial score (nSPS) is 16.5. The first-order chi connectivity index (χ1) is 9.08. The van der Waals surface area contributed by atoms with E-state index in [1.54, 1.807) is 0 Å². The fourth-order valence-electron chi connectivity index (χ4n) is 2.50. The number of nitrogens with one attached hydrogen (secondary N) is 1. The van der Waals surface area contributed by atoms with Crippen LogP contribution in [-0.2, 0) is 0 Å². The number of halogens is 4. The lowest BCUT2D eigenvalue weighted by Crippen LogP contribution is -2.45. The maximum atomic E-state index is 6.15. The lowest BCUT2D eigenvalue weighted by Gasteiger charge is -2.35. The van der Waals surface area contributed by atoms with Gasteiger partial charge in [0.2, 0.25) is 0 Å². The van der Waals surface area contributed by atoms with E-state index < -0.39 is 0 Å². The van der Waals surface area contributed by atoms with Crippen LogP contribution in [0.15, 0.2) is 30.4 Å². The molecule has 0 bridgehead atoms. The Kier molecular flexibility index (Phi) is 9.96. The summed E-state index contributed by atoms with van der Waals surface area (Å²) >= 11 is 12.2. The van der Waals surface area contributed by atoms with E-state index in [-0.39, 0.29) is 24.8 Å². The molecule has 2 nitrogen and oxygen atoms in total. The molecule has 0 unspecified atom stereocenters. The number of hydrogen-bond donors (Lipinski definition) is 1. The highest BCUT2D eigenvalue weighted by atomic mass is 35.5. The maximum Gasteiger partial charge on any atom is 0.0595 e. The van der Waals surface area contributed by atoms with Gasteiger partial charge in [-0.15, -0.1) is 31.4 Å². The van der Waals surface area contributed by atoms with Gasteiger partial charge in [-0.05, 0) is 31.0 Å². The van der Waals surface area contributed by atoms with Crippen LogP contribution in [-0.4, -0.2) is 31.1 Å². The first-order valence-corrected chi connectivity index (χ1v) is 7.37. The van der Waals surface area contributed by atoms with E-state index in [0.717, 1.165) is 32.6 Å². The van der Waals surface area contributed by atoms with Gasteiger partial charge in [0.1, 0.15) is 0 Å². The van der Waals surface area contributed by atoms with Gasteiger partial charge in [0.15, 0.2) is 0 Å². The topological polar surface area (TPSA) is 15.3 Å². The monoisotopic (exact) mass is 370 g/mol. The molecule has 21 heavy (non-hydrogen) atoms. The van der Waals surface area contributed by atoms with Crippen molar-refractivity contribution >= 4 is 48.0 Å². The predicted molar refractivity (Wildman–Crippen MR) is 97.6 cm³/mol. The molecule has 1 fully saturated rings. The molecule has 0 aliphatic carbocycles. The number of rotatable bonds is 4. The van der Waals surface area contributed by atoms with Gasteiger partial charge in [-0.3, -0.25) is 4.90 Å². The highest BCUT2D eigenvalue weighted by molar-refractivity contribution is 6.42. The lowest BCUT2D eigenvalue weighted by molar-refractivity contribution is 0.172. The minimum absolute atomic E-state index is 0. The molecule has 1 aliphatic rings. The summed E-state index contributed by atoms with van der Waals surface area (Å²) in [5, 5.41) is 4.62. The molecule has 0 aromatic heterocycles. The molecule has 1 aromatic rings. The van der Waals surface area contributed by atoms with E-state index in [1.807, 2.05) is 12.1 Å². The van der Waals surface area contributed by atoms with Gasteiger partial charge in [-0.2, -0.15) is 0 Å². The van der Waals surface area contributed by atoms with Gasteiger partial charge >= 0.3 is 0 Å². The van der Waals surface area contributed by atoms with Crippen LogP contribution >= 0.6 is 48.0 Å². The first-order valence-electron chi connectivity index (χ1n) is 6.62. The van der Waals surface area contributed by atoms with E-state index in [2.05, 4.69) is 29.8 Å². The van der Waals surface area contributed by atoms with E-state index >= 15 is 0 Å². The summed E-state index contributed by atoms with van der Waals surface area (Å²) in [6.07, 6.45) is 0.956. The number of hydrogen-bond acceptors (Lipinski definition) is 2. The fraction of sp³-hybridized carbons (Fsp3) is 0.467. The lowest BCUT2D eigenvalue weighted by atomic mass is 9.98. The minimum atomic E-state index is 0. The molecule has 2 rings (SSSR count). The largest absolute Gasteiger partial charge is 0.314 e. The van der Waals surface area contributed by atoms with Crippen molar-refractivity contribution in [3.63, 3.8) is 0 Å². The van der Waals surface area contributed by atoms with Gasteiger partial charge in [0.25, 0.3) is 0 Å². The molecule has 0 radical (unpaired) electrons. The third-order valence-electron chi connectivity index (χ3n) is 3.46. The van der Waals surface area contributed by atoms with Crippen LogP contribution in [0.2, 0.25) is 10.0 Å². The Morgan fingerprint density at radius 3 is 2.38 bits per heavy atom. The number of benzene rings is 1. The SMILES string of the molecule is C=C(C)C[C@@H](c1ccc(Cl)c(Cl)c1)N1CCNCC1.Cl.Cl. The average molecular weight is 372 g/mol. The van der Waals surface area contributed by atoms with Crippen LogP contribution in [0.5, 0.6) is 0 Å². The minimum Gasteiger partial charge on any atom is -0.314 e. The van der Waals surface area contributed by atoms with E-state index in [1.165, 1.54) is 11.1 Å². The molecule has 0 spiro atoms. The quantitative estimate of drug-likeness (QED) is 0.768. The molecule has 0 amide bonds. The standard InChI is InChI=1S/C15H20Cl2N2.2ClH/c1-11(2)9-15(19-7-5-18-6-8-19)12-3-4-13(16)14(17)10-12;;/h3-4,10,15,18H,1,5-9H2,2H3;2*1H/t15-;;/m0../s1. The first kappa shape index (κ1) is 21.0. The van der Waals surface area contributed by atoms with Crippen molar-refractivity contribution in [1.29, 1.82) is 0 Å². The van der Waals surface area contributed by atoms with Gasteiger partial charge < -0.3 is 5.32 Å². The molecule has 1 aromatic carbocycles. The Labute approximate surface area is 149 Å². The van der Waals surface area contributed by atoms with Crippen molar-refractivity contribution < 1.29 is 0 Å². The van der Waals surface area contributed by atoms with Crippen molar-refractivity contribution in [2.75, 3.05) is 26.2 Å². The summed E-state index contributed by atoms with van der Waals surface area (Å²) in [5.74, 6) is 0. The average Bonchev–Trinajstić information content (AvgIpc) is 2.40. The summed E-state index contributed by atoms with van der Waals surface area (Å²) in [4.78, 5) is 2.49. The molecule has 120 valence electrons. The van der Waals surface area contributed by atoms with E-state index in [0.29, 0.717) is 16.1 Å². The fourth-order valence-corrected chi connectivity index (χ4v) is 2.81. The smallest absolute Gasteiger partial charge is 0.0595 e. The Hall–Kier alpha value is 0.0400. The summed E-state index contributed by atoms with van der Waals surface area (Å²) in [6, 6.07) is 6.28. The third kappa shape index (κ3) is 5.97. The van der Waals surface area contributed by atoms with Gasteiger partial charge in [0.05, 0.1) is 10.0 Å². The van der Waals surface area contributed by atoms with Gasteiger partial charge in [-0.1, -0.05) is 34.8 Å². The Balaban J connectivity index is 0.00000200. The number of nitrogens with zero attached hydrogens (tertiary/aromatic N) is 1. The van der Waals surface area contributed by atoms with Crippen LogP contribution in [0.1, 0.15) is 24.9 Å². The molecule has 6 heteroatoms. The van der Waals surface area contributed by atoms with Crippen molar-refractivity contribution in [3.05, 3.63) is 46.0 Å². The summed E-state index contributed by atoms with van der Waals surface area (Å²) < 4.78 is 0. The van der Waals surface area contributed by atoms with E-state index in [4.69, 9.17) is 23.2 Å². The van der Waals surface area contributed by atoms with Crippen LogP contribution in [0.3, 0.4) is 0 Å². The zero-order valence-corrected chi connectivity index (χ0v) is 15.2. The summed E-state index contributed by atoms with van der Waals surface area (Å²) in [5.41, 5.74) is 2.41. The van der Waals surface area contributed by atoms with Crippen molar-refractivity contribution in [1.82, 2.24) is 10.2 Å². The van der Waals surface area contributed by atoms with Crippen molar-refractivity contribution in [3.8, 4) is 0 Å². The van der Waals surface area contributed by atoms with Crippen LogP contribution in [0.4, 0.5) is 0 Å². The Morgan fingerprint density at radius 1 is 1.24 bits per heavy atom. The Bertz CT molecular complexity index is 459.